The van der Waals surface area contributed by atoms with Gasteiger partial charge in [0, 0.05) is 13.1 Å². The molecule has 0 unspecified atom stereocenters. The molecule has 0 aliphatic carbocycles. The molecule has 0 bridgehead atoms. The zero-order valence-electron chi connectivity index (χ0n) is 14.7. The van der Waals surface area contributed by atoms with Gasteiger partial charge in [-0.15, -0.1) is 0 Å². The molecule has 2 nitrogen and oxygen atoms in total. The monoisotopic (exact) mass is 338 g/mol. The van der Waals surface area contributed by atoms with E-state index < -0.39 is 0 Å². The summed E-state index contributed by atoms with van der Waals surface area (Å²) in [5, 5.41) is 12.8. The zero-order chi connectivity index (χ0) is 17.3. The largest absolute Gasteiger partial charge is 0.307 e. The second-order valence-corrected chi connectivity index (χ2v) is 7.00. The van der Waals surface area contributed by atoms with Crippen molar-refractivity contribution in [3.8, 4) is 0 Å². The molecule has 1 aliphatic heterocycles. The lowest BCUT2D eigenvalue weighted by Crippen LogP contribution is -2.45. The molecule has 0 aromatic heterocycles. The van der Waals surface area contributed by atoms with Crippen LogP contribution >= 0.6 is 0 Å². The molecule has 1 fully saturated rings. The minimum absolute atomic E-state index is 0.251. The normalized spacial score (nSPS) is 20.5. The van der Waals surface area contributed by atoms with Crippen molar-refractivity contribution in [2.75, 3.05) is 13.1 Å². The van der Waals surface area contributed by atoms with E-state index in [2.05, 4.69) is 95.6 Å². The number of fused-ring (bicyclic) bond motifs is 2. The van der Waals surface area contributed by atoms with Crippen LogP contribution in [0.2, 0.25) is 0 Å². The van der Waals surface area contributed by atoms with Gasteiger partial charge in [-0.25, -0.2) is 0 Å². The Kier molecular flexibility index (Phi) is 3.93. The Morgan fingerprint density at radius 3 is 1.42 bits per heavy atom. The van der Waals surface area contributed by atoms with E-state index in [1.54, 1.807) is 0 Å². The second kappa shape index (κ2) is 6.56. The van der Waals surface area contributed by atoms with Crippen molar-refractivity contribution in [1.82, 2.24) is 10.6 Å². The molecule has 128 valence electrons. The first-order chi connectivity index (χ1) is 12.9. The van der Waals surface area contributed by atoms with E-state index in [1.165, 1.54) is 32.7 Å². The molecule has 0 spiro atoms. The maximum Gasteiger partial charge on any atom is 0.0525 e. The van der Waals surface area contributed by atoms with Gasteiger partial charge < -0.3 is 10.6 Å². The van der Waals surface area contributed by atoms with Gasteiger partial charge >= 0.3 is 0 Å². The van der Waals surface area contributed by atoms with Gasteiger partial charge in [0.05, 0.1) is 12.1 Å². The zero-order valence-corrected chi connectivity index (χ0v) is 14.7. The average molecular weight is 338 g/mol. The molecule has 2 heteroatoms. The molecule has 1 saturated heterocycles. The fourth-order valence-electron chi connectivity index (χ4n) is 4.31. The van der Waals surface area contributed by atoms with E-state index in [0.717, 1.165) is 13.1 Å². The topological polar surface area (TPSA) is 24.1 Å². The first-order valence-electron chi connectivity index (χ1n) is 9.34. The Labute approximate surface area is 153 Å². The van der Waals surface area contributed by atoms with Crippen LogP contribution in [0.3, 0.4) is 0 Å². The number of hydrogen-bond donors (Lipinski definition) is 2. The summed E-state index contributed by atoms with van der Waals surface area (Å²) in [4.78, 5) is 0. The van der Waals surface area contributed by atoms with Gasteiger partial charge in [-0.3, -0.25) is 0 Å². The van der Waals surface area contributed by atoms with Gasteiger partial charge in [-0.1, -0.05) is 84.9 Å². The number of nitrogens with one attached hydrogen (secondary N) is 2. The highest BCUT2D eigenvalue weighted by Gasteiger charge is 2.29. The van der Waals surface area contributed by atoms with Crippen LogP contribution in [0, 0.1) is 0 Å². The van der Waals surface area contributed by atoms with Gasteiger partial charge in [0.25, 0.3) is 0 Å². The Morgan fingerprint density at radius 2 is 0.923 bits per heavy atom. The van der Waals surface area contributed by atoms with Crippen molar-refractivity contribution < 1.29 is 0 Å². The van der Waals surface area contributed by atoms with E-state index in [4.69, 9.17) is 0 Å². The maximum absolute atomic E-state index is 3.78. The van der Waals surface area contributed by atoms with Crippen LogP contribution in [0.15, 0.2) is 84.9 Å². The Balaban J connectivity index is 1.68. The first-order valence-corrected chi connectivity index (χ1v) is 9.34. The van der Waals surface area contributed by atoms with E-state index in [1.807, 2.05) is 0 Å². The minimum atomic E-state index is 0.251. The number of piperazine rings is 1. The standard InChI is InChI=1S/C24H22N2/c1-3-11-19-17(7-1)9-5-13-21(19)23-24(26-16-15-25-23)22-14-6-10-18-8-2-4-12-20(18)22/h1-14,23-26H,15-16H2/t23-,24-/m0/s1. The fourth-order valence-corrected chi connectivity index (χ4v) is 4.31. The molecule has 5 rings (SSSR count). The second-order valence-electron chi connectivity index (χ2n) is 7.00. The number of benzene rings is 4. The maximum atomic E-state index is 3.78. The quantitative estimate of drug-likeness (QED) is 0.539. The lowest BCUT2D eigenvalue weighted by atomic mass is 9.87. The Hall–Kier alpha value is -2.68. The smallest absolute Gasteiger partial charge is 0.0525 e. The third-order valence-corrected chi connectivity index (χ3v) is 5.50. The molecular weight excluding hydrogens is 316 g/mol. The van der Waals surface area contributed by atoms with Crippen LogP contribution in [-0.4, -0.2) is 13.1 Å². The number of rotatable bonds is 2. The molecule has 0 radical (unpaired) electrons. The molecule has 4 aromatic carbocycles. The van der Waals surface area contributed by atoms with Gasteiger partial charge in [-0.2, -0.15) is 0 Å². The lowest BCUT2D eigenvalue weighted by Gasteiger charge is -2.35. The van der Waals surface area contributed by atoms with Crippen LogP contribution in [0.4, 0.5) is 0 Å². The third-order valence-electron chi connectivity index (χ3n) is 5.50. The summed E-state index contributed by atoms with van der Waals surface area (Å²) >= 11 is 0. The van der Waals surface area contributed by atoms with E-state index in [-0.39, 0.29) is 12.1 Å². The van der Waals surface area contributed by atoms with Crippen molar-refractivity contribution in [2.45, 2.75) is 12.1 Å². The van der Waals surface area contributed by atoms with Gasteiger partial charge in [-0.05, 0) is 32.7 Å². The van der Waals surface area contributed by atoms with Crippen molar-refractivity contribution in [2.24, 2.45) is 0 Å². The van der Waals surface area contributed by atoms with E-state index in [9.17, 15) is 0 Å². The summed E-state index contributed by atoms with van der Waals surface area (Å²) in [6, 6.07) is 31.1. The summed E-state index contributed by atoms with van der Waals surface area (Å²) in [5.74, 6) is 0. The minimum Gasteiger partial charge on any atom is -0.307 e. The molecule has 0 saturated carbocycles. The van der Waals surface area contributed by atoms with Crippen molar-refractivity contribution in [3.05, 3.63) is 96.1 Å². The fraction of sp³-hybridized carbons (Fsp3) is 0.167. The van der Waals surface area contributed by atoms with E-state index in [0.29, 0.717) is 0 Å². The molecular formula is C24H22N2. The molecule has 1 aliphatic rings. The van der Waals surface area contributed by atoms with Gasteiger partial charge in [0.15, 0.2) is 0 Å². The van der Waals surface area contributed by atoms with Crippen molar-refractivity contribution in [3.63, 3.8) is 0 Å². The van der Waals surface area contributed by atoms with Crippen LogP contribution in [-0.2, 0) is 0 Å². The molecule has 1 heterocycles. The van der Waals surface area contributed by atoms with Crippen LogP contribution < -0.4 is 10.6 Å². The van der Waals surface area contributed by atoms with Crippen LogP contribution in [0.5, 0.6) is 0 Å². The molecule has 2 atom stereocenters. The van der Waals surface area contributed by atoms with Crippen molar-refractivity contribution in [1.29, 1.82) is 0 Å². The Morgan fingerprint density at radius 1 is 0.500 bits per heavy atom. The highest BCUT2D eigenvalue weighted by Crippen LogP contribution is 2.37. The third kappa shape index (κ3) is 2.59. The van der Waals surface area contributed by atoms with E-state index >= 15 is 0 Å². The lowest BCUT2D eigenvalue weighted by molar-refractivity contribution is 0.336. The van der Waals surface area contributed by atoms with Crippen molar-refractivity contribution >= 4 is 21.5 Å². The predicted octanol–water partition coefficient (Wildman–Crippen LogP) is 4.97. The Bertz CT molecular complexity index is 972. The molecule has 26 heavy (non-hydrogen) atoms. The van der Waals surface area contributed by atoms with Gasteiger partial charge in [0.1, 0.15) is 0 Å². The summed E-state index contributed by atoms with van der Waals surface area (Å²) in [6.07, 6.45) is 0. The average Bonchev–Trinajstić information content (AvgIpc) is 2.73. The summed E-state index contributed by atoms with van der Waals surface area (Å²) < 4.78 is 0. The molecule has 4 aromatic rings. The summed E-state index contributed by atoms with van der Waals surface area (Å²) in [6.45, 7) is 1.96. The van der Waals surface area contributed by atoms with Gasteiger partial charge in [0.2, 0.25) is 0 Å². The highest BCUT2D eigenvalue weighted by molar-refractivity contribution is 5.88. The predicted molar refractivity (Wildman–Crippen MR) is 109 cm³/mol. The molecule has 2 N–H and O–H groups in total. The first kappa shape index (κ1) is 15.6. The number of hydrogen-bond acceptors (Lipinski definition) is 2. The summed E-state index contributed by atoms with van der Waals surface area (Å²) in [7, 11) is 0. The van der Waals surface area contributed by atoms with Crippen LogP contribution in [0.25, 0.3) is 21.5 Å². The SMILES string of the molecule is c1ccc2c([C@@H]3NCCN[C@H]3c3cccc4ccccc34)cccc2c1. The summed E-state index contributed by atoms with van der Waals surface area (Å²) in [5.41, 5.74) is 2.74. The van der Waals surface area contributed by atoms with Crippen LogP contribution in [0.1, 0.15) is 23.2 Å². The molecule has 0 amide bonds. The highest BCUT2D eigenvalue weighted by atomic mass is 15.1.